The summed E-state index contributed by atoms with van der Waals surface area (Å²) in [4.78, 5) is 0. The number of hydrogen-bond donors (Lipinski definition) is 2. The van der Waals surface area contributed by atoms with Crippen molar-refractivity contribution in [1.29, 1.82) is 5.26 Å². The van der Waals surface area contributed by atoms with E-state index in [0.29, 0.717) is 22.8 Å². The lowest BCUT2D eigenvalue weighted by Gasteiger charge is -2.27. The van der Waals surface area contributed by atoms with E-state index in [1.807, 2.05) is 0 Å². The Labute approximate surface area is 139 Å². The van der Waals surface area contributed by atoms with Gasteiger partial charge in [0.05, 0.1) is 20.1 Å². The summed E-state index contributed by atoms with van der Waals surface area (Å²) in [7, 11) is 3.12. The van der Waals surface area contributed by atoms with Crippen molar-refractivity contribution in [3.8, 4) is 29.1 Å². The van der Waals surface area contributed by atoms with Gasteiger partial charge in [0.2, 0.25) is 5.88 Å². The minimum atomic E-state index is -0.482. The highest BCUT2D eigenvalue weighted by Crippen LogP contribution is 2.46. The fraction of sp³-hybridized carbons (Fsp3) is 0.167. The smallest absolute Gasteiger partial charge is 0.205 e. The molecule has 0 bridgehead atoms. The summed E-state index contributed by atoms with van der Waals surface area (Å²) in [5.74, 6) is 1.21. The van der Waals surface area contributed by atoms with Crippen LogP contribution in [0.2, 0.25) is 0 Å². The zero-order valence-electron chi connectivity index (χ0n) is 13.2. The van der Waals surface area contributed by atoms with Gasteiger partial charge in [0, 0.05) is 17.2 Å². The van der Waals surface area contributed by atoms with Gasteiger partial charge in [-0.2, -0.15) is 5.26 Å². The van der Waals surface area contributed by atoms with E-state index in [1.54, 1.807) is 44.6 Å². The SMILES string of the molecule is COc1ccc(OC)c(C2C(C#N)=C(N)Oc3cc(O)ccc32)c1. The van der Waals surface area contributed by atoms with E-state index in [2.05, 4.69) is 6.07 Å². The summed E-state index contributed by atoms with van der Waals surface area (Å²) in [6, 6.07) is 12.2. The monoisotopic (exact) mass is 324 g/mol. The molecular formula is C18H16N2O4. The maximum absolute atomic E-state index is 9.69. The third-order valence-corrected chi connectivity index (χ3v) is 3.95. The molecule has 0 saturated carbocycles. The first-order valence-electron chi connectivity index (χ1n) is 7.21. The van der Waals surface area contributed by atoms with E-state index >= 15 is 0 Å². The van der Waals surface area contributed by atoms with Crippen molar-refractivity contribution in [2.45, 2.75) is 5.92 Å². The van der Waals surface area contributed by atoms with Gasteiger partial charge in [-0.1, -0.05) is 6.07 Å². The predicted molar refractivity (Wildman–Crippen MR) is 87.0 cm³/mol. The van der Waals surface area contributed by atoms with Gasteiger partial charge < -0.3 is 25.1 Å². The number of methoxy groups -OCH3 is 2. The lowest BCUT2D eigenvalue weighted by atomic mass is 9.83. The van der Waals surface area contributed by atoms with Crippen molar-refractivity contribution in [3.05, 3.63) is 59.0 Å². The van der Waals surface area contributed by atoms with Crippen molar-refractivity contribution in [2.75, 3.05) is 14.2 Å². The van der Waals surface area contributed by atoms with Crippen molar-refractivity contribution < 1.29 is 19.3 Å². The van der Waals surface area contributed by atoms with Gasteiger partial charge in [-0.3, -0.25) is 0 Å². The highest BCUT2D eigenvalue weighted by atomic mass is 16.5. The van der Waals surface area contributed by atoms with E-state index in [-0.39, 0.29) is 17.2 Å². The van der Waals surface area contributed by atoms with Crippen molar-refractivity contribution >= 4 is 0 Å². The summed E-state index contributed by atoms with van der Waals surface area (Å²) in [6.07, 6.45) is 0. The number of nitrogens with two attached hydrogens (primary N) is 1. The summed E-state index contributed by atoms with van der Waals surface area (Å²) in [6.45, 7) is 0. The predicted octanol–water partition coefficient (Wildman–Crippen LogP) is 2.63. The Morgan fingerprint density at radius 2 is 1.92 bits per heavy atom. The molecule has 0 saturated heterocycles. The number of hydrogen-bond acceptors (Lipinski definition) is 6. The van der Waals surface area contributed by atoms with Crippen LogP contribution >= 0.6 is 0 Å². The van der Waals surface area contributed by atoms with E-state index in [0.717, 1.165) is 5.56 Å². The van der Waals surface area contributed by atoms with Gasteiger partial charge >= 0.3 is 0 Å². The van der Waals surface area contributed by atoms with Gasteiger partial charge in [0.15, 0.2) is 0 Å². The van der Waals surface area contributed by atoms with Crippen LogP contribution in [0.4, 0.5) is 0 Å². The molecule has 0 spiro atoms. The van der Waals surface area contributed by atoms with Crippen LogP contribution < -0.4 is 19.9 Å². The van der Waals surface area contributed by atoms with E-state index in [9.17, 15) is 10.4 Å². The molecule has 1 atom stereocenters. The molecule has 3 rings (SSSR count). The first-order chi connectivity index (χ1) is 11.6. The molecule has 0 fully saturated rings. The third-order valence-electron chi connectivity index (χ3n) is 3.95. The van der Waals surface area contributed by atoms with Crippen molar-refractivity contribution in [1.82, 2.24) is 0 Å². The molecule has 0 aromatic heterocycles. The maximum atomic E-state index is 9.69. The second-order valence-electron chi connectivity index (χ2n) is 5.25. The van der Waals surface area contributed by atoms with Crippen LogP contribution in [0.1, 0.15) is 17.0 Å². The van der Waals surface area contributed by atoms with Gasteiger partial charge in [0.1, 0.15) is 34.6 Å². The number of nitriles is 1. The highest BCUT2D eigenvalue weighted by molar-refractivity contribution is 5.60. The molecule has 0 aliphatic carbocycles. The molecular weight excluding hydrogens is 308 g/mol. The topological polar surface area (TPSA) is 97.7 Å². The number of rotatable bonds is 3. The quantitative estimate of drug-likeness (QED) is 0.900. The highest BCUT2D eigenvalue weighted by Gasteiger charge is 2.33. The fourth-order valence-corrected chi connectivity index (χ4v) is 2.83. The Kier molecular flexibility index (Phi) is 3.92. The summed E-state index contributed by atoms with van der Waals surface area (Å²) >= 11 is 0. The number of aromatic hydroxyl groups is 1. The number of allylic oxidation sites excluding steroid dienone is 1. The molecule has 1 heterocycles. The first-order valence-corrected chi connectivity index (χ1v) is 7.21. The second-order valence-corrected chi connectivity index (χ2v) is 5.25. The molecule has 2 aromatic carbocycles. The lowest BCUT2D eigenvalue weighted by Crippen LogP contribution is -2.21. The van der Waals surface area contributed by atoms with Crippen LogP contribution in [0.15, 0.2) is 47.9 Å². The molecule has 2 aromatic rings. The van der Waals surface area contributed by atoms with Gasteiger partial charge in [-0.15, -0.1) is 0 Å². The number of benzene rings is 2. The van der Waals surface area contributed by atoms with E-state index in [4.69, 9.17) is 19.9 Å². The van der Waals surface area contributed by atoms with Crippen LogP contribution in [0.3, 0.4) is 0 Å². The Hall–Kier alpha value is -3.33. The Bertz CT molecular complexity index is 868. The fourth-order valence-electron chi connectivity index (χ4n) is 2.83. The summed E-state index contributed by atoms with van der Waals surface area (Å²) < 4.78 is 16.2. The Morgan fingerprint density at radius 3 is 2.58 bits per heavy atom. The van der Waals surface area contributed by atoms with E-state index in [1.165, 1.54) is 6.07 Å². The molecule has 0 amide bonds. The van der Waals surface area contributed by atoms with Crippen LogP contribution in [-0.2, 0) is 0 Å². The maximum Gasteiger partial charge on any atom is 0.205 e. The minimum Gasteiger partial charge on any atom is -0.508 e. The molecule has 122 valence electrons. The van der Waals surface area contributed by atoms with Crippen LogP contribution in [0.5, 0.6) is 23.0 Å². The van der Waals surface area contributed by atoms with Crippen molar-refractivity contribution in [3.63, 3.8) is 0 Å². The third kappa shape index (κ3) is 2.46. The van der Waals surface area contributed by atoms with E-state index < -0.39 is 5.92 Å². The number of ether oxygens (including phenoxy) is 3. The first kappa shape index (κ1) is 15.6. The Morgan fingerprint density at radius 1 is 1.12 bits per heavy atom. The molecule has 1 aliphatic rings. The van der Waals surface area contributed by atoms with Crippen LogP contribution in [-0.4, -0.2) is 19.3 Å². The average Bonchev–Trinajstić information content (AvgIpc) is 2.59. The second kappa shape index (κ2) is 6.05. The zero-order valence-corrected chi connectivity index (χ0v) is 13.2. The zero-order chi connectivity index (χ0) is 17.3. The normalized spacial score (nSPS) is 16.0. The molecule has 6 heteroatoms. The average molecular weight is 324 g/mol. The van der Waals surface area contributed by atoms with Gasteiger partial charge in [-0.25, -0.2) is 0 Å². The molecule has 3 N–H and O–H groups in total. The van der Waals surface area contributed by atoms with Crippen LogP contribution in [0, 0.1) is 11.3 Å². The standard InChI is InChI=1S/C18H16N2O4/c1-22-11-4-6-15(23-2)13(8-11)17-12-5-3-10(21)7-16(12)24-18(20)14(17)9-19/h3-8,17,21H,20H2,1-2H3. The largest absolute Gasteiger partial charge is 0.508 e. The number of nitrogens with zero attached hydrogens (tertiary/aromatic N) is 1. The molecule has 24 heavy (non-hydrogen) atoms. The summed E-state index contributed by atoms with van der Waals surface area (Å²) in [5, 5.41) is 19.3. The molecule has 1 unspecified atom stereocenters. The van der Waals surface area contributed by atoms with Gasteiger partial charge in [0.25, 0.3) is 0 Å². The molecule has 6 nitrogen and oxygen atoms in total. The van der Waals surface area contributed by atoms with Gasteiger partial charge in [-0.05, 0) is 24.3 Å². The molecule has 0 radical (unpaired) electrons. The summed E-state index contributed by atoms with van der Waals surface area (Å²) in [5.41, 5.74) is 7.64. The van der Waals surface area contributed by atoms with Crippen LogP contribution in [0.25, 0.3) is 0 Å². The number of phenolic OH excluding ortho intramolecular Hbond substituents is 1. The molecule has 1 aliphatic heterocycles. The number of fused-ring (bicyclic) bond motifs is 1. The number of phenols is 1. The Balaban J connectivity index is 2.28. The minimum absolute atomic E-state index is 0.00507. The van der Waals surface area contributed by atoms with Crippen molar-refractivity contribution in [2.24, 2.45) is 5.73 Å². The lowest BCUT2D eigenvalue weighted by molar-refractivity contribution is 0.380.